The minimum absolute atomic E-state index is 0.230. The topological polar surface area (TPSA) is 71.5 Å². The molecule has 0 unspecified atom stereocenters. The van der Waals surface area contributed by atoms with E-state index in [1.807, 2.05) is 0 Å². The Morgan fingerprint density at radius 3 is 2.36 bits per heavy atom. The molecule has 9 heteroatoms. The van der Waals surface area contributed by atoms with Crippen LogP contribution in [-0.4, -0.2) is 28.6 Å². The Labute approximate surface area is 150 Å². The molecule has 0 amide bonds. The van der Waals surface area contributed by atoms with Crippen LogP contribution in [0.3, 0.4) is 0 Å². The summed E-state index contributed by atoms with van der Waals surface area (Å²) in [4.78, 5) is -0.610. The van der Waals surface area contributed by atoms with Gasteiger partial charge in [0.1, 0.15) is 4.90 Å². The molecule has 0 aliphatic carbocycles. The molecule has 1 heterocycles. The molecule has 3 rings (SSSR count). The Hall–Kier alpha value is -1.90. The van der Waals surface area contributed by atoms with Gasteiger partial charge in [0.25, 0.3) is 10.0 Å². The van der Waals surface area contributed by atoms with Gasteiger partial charge in [0.2, 0.25) is 0 Å². The van der Waals surface area contributed by atoms with Crippen molar-refractivity contribution in [2.75, 3.05) is 10.1 Å². The van der Waals surface area contributed by atoms with Gasteiger partial charge in [0.15, 0.2) is 15.7 Å². The summed E-state index contributed by atoms with van der Waals surface area (Å²) in [6, 6.07) is 10.6. The smallest absolute Gasteiger partial charge is 0.258 e. The second kappa shape index (κ2) is 6.44. The van der Waals surface area contributed by atoms with E-state index in [2.05, 4.69) is 0 Å². The predicted molar refractivity (Wildman–Crippen MR) is 94.2 cm³/mol. The first-order valence-electron chi connectivity index (χ1n) is 7.17. The van der Waals surface area contributed by atoms with Crippen molar-refractivity contribution in [1.82, 2.24) is 0 Å². The normalized spacial score (nSPS) is 19.0. The van der Waals surface area contributed by atoms with Gasteiger partial charge in [-0.25, -0.2) is 21.2 Å². The van der Waals surface area contributed by atoms with E-state index in [0.717, 1.165) is 15.8 Å². The molecule has 1 aliphatic heterocycles. The standard InChI is InChI=1S/C16H13ClFNO4S2/c17-14-7-4-8-15(16(14)18)25(22,23)19(12-5-2-1-3-6-12)13-9-10-24(20,21)11-13/h1-10,13H,11H2/t13-/m1/s1. The molecule has 1 aliphatic rings. The molecule has 0 saturated heterocycles. The van der Waals surface area contributed by atoms with E-state index in [0.29, 0.717) is 0 Å². The molecule has 5 nitrogen and oxygen atoms in total. The molecule has 132 valence electrons. The summed E-state index contributed by atoms with van der Waals surface area (Å²) < 4.78 is 65.0. The minimum Gasteiger partial charge on any atom is -0.258 e. The fraction of sp³-hybridized carbons (Fsp3) is 0.125. The highest BCUT2D eigenvalue weighted by molar-refractivity contribution is 7.95. The first-order chi connectivity index (χ1) is 11.7. The third kappa shape index (κ3) is 3.42. The molecule has 0 aromatic heterocycles. The van der Waals surface area contributed by atoms with Gasteiger partial charge >= 0.3 is 0 Å². The molecule has 0 fully saturated rings. The van der Waals surface area contributed by atoms with Crippen molar-refractivity contribution in [2.24, 2.45) is 0 Å². The van der Waals surface area contributed by atoms with Crippen molar-refractivity contribution < 1.29 is 21.2 Å². The largest absolute Gasteiger partial charge is 0.267 e. The van der Waals surface area contributed by atoms with Gasteiger partial charge in [-0.15, -0.1) is 0 Å². The fourth-order valence-electron chi connectivity index (χ4n) is 2.58. The molecule has 0 radical (unpaired) electrons. The summed E-state index contributed by atoms with van der Waals surface area (Å²) >= 11 is 5.71. The molecule has 1 atom stereocenters. The van der Waals surface area contributed by atoms with Crippen molar-refractivity contribution in [3.63, 3.8) is 0 Å². The molecule has 25 heavy (non-hydrogen) atoms. The maximum absolute atomic E-state index is 14.3. The highest BCUT2D eigenvalue weighted by Gasteiger charge is 2.37. The van der Waals surface area contributed by atoms with E-state index >= 15 is 0 Å². The third-order valence-electron chi connectivity index (χ3n) is 3.68. The minimum atomic E-state index is -4.38. The Bertz CT molecular complexity index is 1040. The average Bonchev–Trinajstić information content (AvgIpc) is 2.90. The van der Waals surface area contributed by atoms with Gasteiger partial charge in [0, 0.05) is 5.41 Å². The maximum Gasteiger partial charge on any atom is 0.267 e. The van der Waals surface area contributed by atoms with E-state index in [1.165, 1.54) is 30.3 Å². The van der Waals surface area contributed by atoms with E-state index < -0.39 is 42.4 Å². The lowest BCUT2D eigenvalue weighted by atomic mass is 10.2. The van der Waals surface area contributed by atoms with Gasteiger partial charge in [-0.3, -0.25) is 4.31 Å². The molecule has 2 aromatic carbocycles. The number of hydrogen-bond acceptors (Lipinski definition) is 4. The molecular weight excluding hydrogens is 389 g/mol. The lowest BCUT2D eigenvalue weighted by molar-refractivity contribution is 0.561. The molecular formula is C16H13ClFNO4S2. The molecule has 0 saturated carbocycles. The summed E-state index contributed by atoms with van der Waals surface area (Å²) in [7, 11) is -7.90. The summed E-state index contributed by atoms with van der Waals surface area (Å²) in [6.45, 7) is 0. The van der Waals surface area contributed by atoms with Crippen LogP contribution < -0.4 is 4.31 Å². The Morgan fingerprint density at radius 2 is 1.76 bits per heavy atom. The van der Waals surface area contributed by atoms with Gasteiger partial charge in [-0.2, -0.15) is 0 Å². The van der Waals surface area contributed by atoms with Crippen molar-refractivity contribution in [1.29, 1.82) is 0 Å². The predicted octanol–water partition coefficient (Wildman–Crippen LogP) is 2.99. The summed E-state index contributed by atoms with van der Waals surface area (Å²) in [5.41, 5.74) is 0.230. The van der Waals surface area contributed by atoms with Crippen molar-refractivity contribution in [3.8, 4) is 0 Å². The van der Waals surface area contributed by atoms with Crippen LogP contribution >= 0.6 is 11.6 Å². The Balaban J connectivity index is 2.18. The molecule has 2 aromatic rings. The monoisotopic (exact) mass is 401 g/mol. The molecule has 0 N–H and O–H groups in total. The van der Waals surface area contributed by atoms with Crippen molar-refractivity contribution in [3.05, 3.63) is 70.9 Å². The SMILES string of the molecule is O=S1(=O)C=C[C@@H](N(c2ccccc2)S(=O)(=O)c2cccc(Cl)c2F)C1. The number of benzene rings is 2. The number of para-hydroxylation sites is 1. The van der Waals surface area contributed by atoms with E-state index in [4.69, 9.17) is 11.6 Å². The summed E-state index contributed by atoms with van der Waals surface area (Å²) in [5.74, 6) is -1.49. The fourth-order valence-corrected chi connectivity index (χ4v) is 5.87. The second-order valence-corrected chi connectivity index (χ2v) is 9.54. The first kappa shape index (κ1) is 17.9. The highest BCUT2D eigenvalue weighted by atomic mass is 35.5. The Kier molecular flexibility index (Phi) is 4.61. The van der Waals surface area contributed by atoms with Crippen LogP contribution in [0.2, 0.25) is 5.02 Å². The lowest BCUT2D eigenvalue weighted by Crippen LogP contribution is -2.41. The van der Waals surface area contributed by atoms with Crippen LogP contribution in [0.25, 0.3) is 0 Å². The van der Waals surface area contributed by atoms with E-state index in [-0.39, 0.29) is 10.7 Å². The number of anilines is 1. The summed E-state index contributed by atoms with van der Waals surface area (Å²) in [6.07, 6.45) is 1.28. The quantitative estimate of drug-likeness (QED) is 0.789. The van der Waals surface area contributed by atoms with Crippen LogP contribution in [0.5, 0.6) is 0 Å². The lowest BCUT2D eigenvalue weighted by Gasteiger charge is -2.29. The highest BCUT2D eigenvalue weighted by Crippen LogP contribution is 2.32. The Morgan fingerprint density at radius 1 is 1.08 bits per heavy atom. The van der Waals surface area contributed by atoms with Gasteiger partial charge in [0.05, 0.1) is 22.5 Å². The number of sulfone groups is 1. The number of sulfonamides is 1. The van der Waals surface area contributed by atoms with Crippen LogP contribution in [0.1, 0.15) is 0 Å². The zero-order valence-electron chi connectivity index (χ0n) is 12.7. The van der Waals surface area contributed by atoms with Crippen molar-refractivity contribution in [2.45, 2.75) is 10.9 Å². The molecule has 0 spiro atoms. The number of rotatable bonds is 4. The van der Waals surface area contributed by atoms with Crippen LogP contribution in [0.15, 0.2) is 64.9 Å². The zero-order valence-corrected chi connectivity index (χ0v) is 15.1. The first-order valence-corrected chi connectivity index (χ1v) is 10.7. The van der Waals surface area contributed by atoms with Crippen LogP contribution in [0, 0.1) is 5.82 Å². The van der Waals surface area contributed by atoms with Crippen molar-refractivity contribution >= 4 is 37.1 Å². The average molecular weight is 402 g/mol. The van der Waals surface area contributed by atoms with E-state index in [9.17, 15) is 21.2 Å². The van der Waals surface area contributed by atoms with Gasteiger partial charge < -0.3 is 0 Å². The zero-order chi connectivity index (χ0) is 18.2. The maximum atomic E-state index is 14.3. The van der Waals surface area contributed by atoms with E-state index in [1.54, 1.807) is 18.2 Å². The number of halogens is 2. The molecule has 0 bridgehead atoms. The van der Waals surface area contributed by atoms with Gasteiger partial charge in [-0.1, -0.05) is 35.9 Å². The summed E-state index contributed by atoms with van der Waals surface area (Å²) in [5, 5.41) is 0.640. The number of nitrogens with zero attached hydrogens (tertiary/aromatic N) is 1. The van der Waals surface area contributed by atoms with Crippen LogP contribution in [-0.2, 0) is 19.9 Å². The van der Waals surface area contributed by atoms with Gasteiger partial charge in [-0.05, 0) is 30.3 Å². The third-order valence-corrected chi connectivity index (χ3v) is 7.22. The number of hydrogen-bond donors (Lipinski definition) is 0. The van der Waals surface area contributed by atoms with Crippen LogP contribution in [0.4, 0.5) is 10.1 Å². The second-order valence-electron chi connectivity index (χ2n) is 5.41.